The van der Waals surface area contributed by atoms with E-state index in [0.29, 0.717) is 33.4 Å². The van der Waals surface area contributed by atoms with Gasteiger partial charge in [-0.1, -0.05) is 30.3 Å². The summed E-state index contributed by atoms with van der Waals surface area (Å²) in [7, 11) is 0. The molecule has 3 aromatic rings. The van der Waals surface area contributed by atoms with E-state index in [1.807, 2.05) is 35.7 Å². The zero-order valence-electron chi connectivity index (χ0n) is 16.2. The van der Waals surface area contributed by atoms with E-state index < -0.39 is 5.97 Å². The highest BCUT2D eigenvalue weighted by molar-refractivity contribution is 7.15. The van der Waals surface area contributed by atoms with Crippen LogP contribution in [0.4, 0.5) is 5.00 Å². The number of nitrogens with one attached hydrogen (secondary N) is 1. The summed E-state index contributed by atoms with van der Waals surface area (Å²) in [6.45, 7) is 1.92. The Labute approximate surface area is 177 Å². The van der Waals surface area contributed by atoms with Gasteiger partial charge in [0.1, 0.15) is 16.3 Å². The topological polar surface area (TPSA) is 83.1 Å². The molecule has 0 atom stereocenters. The molecule has 2 heterocycles. The minimum Gasteiger partial charge on any atom is -0.484 e. The molecule has 0 saturated carbocycles. The maximum Gasteiger partial charge on any atom is 0.341 e. The molecule has 0 unspecified atom stereocenters. The molecule has 154 valence electrons. The molecule has 0 saturated heterocycles. The highest BCUT2D eigenvalue weighted by atomic mass is 32.1. The third kappa shape index (κ3) is 4.23. The van der Waals surface area contributed by atoms with Crippen molar-refractivity contribution in [2.45, 2.75) is 6.92 Å². The average molecular weight is 425 g/mol. The predicted molar refractivity (Wildman–Crippen MR) is 112 cm³/mol. The number of hydrogen-bond donors (Lipinski definition) is 1. The Bertz CT molecular complexity index is 1060. The Morgan fingerprint density at radius 2 is 1.90 bits per heavy atom. The van der Waals surface area contributed by atoms with Crippen molar-refractivity contribution in [3.8, 4) is 28.4 Å². The number of rotatable bonds is 7. The SMILES string of the molecule is CCOC(=O)c1c(-c2ccccc2)csc1NC(=O)COc1ccc2c(c1)OCO2. The van der Waals surface area contributed by atoms with Crippen LogP contribution in [-0.2, 0) is 9.53 Å². The van der Waals surface area contributed by atoms with Gasteiger partial charge in [-0.25, -0.2) is 4.79 Å². The van der Waals surface area contributed by atoms with Gasteiger partial charge in [0.05, 0.1) is 6.61 Å². The standard InChI is InChI=1S/C22H19NO6S/c1-2-26-22(25)20-16(14-6-4-3-5-7-14)12-30-21(20)23-19(24)11-27-15-8-9-17-18(10-15)29-13-28-17/h3-10,12H,2,11,13H2,1H3,(H,23,24). The second kappa shape index (κ2) is 8.87. The smallest absolute Gasteiger partial charge is 0.341 e. The molecule has 4 rings (SSSR count). The fraction of sp³-hybridized carbons (Fsp3) is 0.182. The minimum atomic E-state index is -0.482. The lowest BCUT2D eigenvalue weighted by Crippen LogP contribution is -2.21. The average Bonchev–Trinajstić information content (AvgIpc) is 3.39. The number of fused-ring (bicyclic) bond motifs is 1. The van der Waals surface area contributed by atoms with Crippen LogP contribution in [0, 0.1) is 0 Å². The van der Waals surface area contributed by atoms with Gasteiger partial charge in [-0.2, -0.15) is 0 Å². The molecule has 2 aromatic carbocycles. The number of thiophene rings is 1. The van der Waals surface area contributed by atoms with Crippen LogP contribution < -0.4 is 19.5 Å². The van der Waals surface area contributed by atoms with Gasteiger partial charge in [0.25, 0.3) is 5.91 Å². The van der Waals surface area contributed by atoms with Crippen LogP contribution >= 0.6 is 11.3 Å². The fourth-order valence-electron chi connectivity index (χ4n) is 2.96. The van der Waals surface area contributed by atoms with E-state index in [4.69, 9.17) is 18.9 Å². The molecule has 0 radical (unpaired) electrons. The summed E-state index contributed by atoms with van der Waals surface area (Å²) in [5, 5.41) is 5.01. The number of carbonyl (C=O) groups excluding carboxylic acids is 2. The maximum absolute atomic E-state index is 12.6. The predicted octanol–water partition coefficient (Wildman–Crippen LogP) is 4.34. The van der Waals surface area contributed by atoms with E-state index in [1.54, 1.807) is 25.1 Å². The monoisotopic (exact) mass is 425 g/mol. The van der Waals surface area contributed by atoms with Gasteiger partial charge < -0.3 is 24.3 Å². The zero-order valence-corrected chi connectivity index (χ0v) is 17.0. The fourth-order valence-corrected chi connectivity index (χ4v) is 3.94. The summed E-state index contributed by atoms with van der Waals surface area (Å²) in [6, 6.07) is 14.6. The highest BCUT2D eigenvalue weighted by Gasteiger charge is 2.23. The number of anilines is 1. The number of amides is 1. The number of hydrogen-bond acceptors (Lipinski definition) is 7. The molecule has 0 fully saturated rings. The summed E-state index contributed by atoms with van der Waals surface area (Å²) in [6.07, 6.45) is 0. The molecule has 0 bridgehead atoms. The van der Waals surface area contributed by atoms with E-state index in [0.717, 1.165) is 5.56 Å². The Kier molecular flexibility index (Phi) is 5.85. The first-order valence-corrected chi connectivity index (χ1v) is 10.2. The van der Waals surface area contributed by atoms with Crippen LogP contribution in [0.15, 0.2) is 53.9 Å². The van der Waals surface area contributed by atoms with Gasteiger partial charge in [0.15, 0.2) is 18.1 Å². The molecule has 7 nitrogen and oxygen atoms in total. The summed E-state index contributed by atoms with van der Waals surface area (Å²) < 4.78 is 21.3. The molecule has 1 N–H and O–H groups in total. The lowest BCUT2D eigenvalue weighted by Gasteiger charge is -2.10. The Morgan fingerprint density at radius 3 is 2.70 bits per heavy atom. The van der Waals surface area contributed by atoms with Crippen molar-refractivity contribution in [2.75, 3.05) is 25.3 Å². The maximum atomic E-state index is 12.6. The number of esters is 1. The molecule has 1 aliphatic heterocycles. The van der Waals surface area contributed by atoms with E-state index in [9.17, 15) is 9.59 Å². The van der Waals surface area contributed by atoms with Crippen molar-refractivity contribution in [1.82, 2.24) is 0 Å². The molecule has 0 aliphatic carbocycles. The quantitative estimate of drug-likeness (QED) is 0.567. The summed E-state index contributed by atoms with van der Waals surface area (Å²) in [5.41, 5.74) is 1.92. The van der Waals surface area contributed by atoms with Gasteiger partial charge in [-0.15, -0.1) is 11.3 Å². The Hall–Kier alpha value is -3.52. The van der Waals surface area contributed by atoms with Crippen molar-refractivity contribution in [2.24, 2.45) is 0 Å². The van der Waals surface area contributed by atoms with E-state index >= 15 is 0 Å². The number of ether oxygens (including phenoxy) is 4. The Morgan fingerprint density at radius 1 is 1.10 bits per heavy atom. The van der Waals surface area contributed by atoms with Crippen molar-refractivity contribution in [3.63, 3.8) is 0 Å². The van der Waals surface area contributed by atoms with Crippen LogP contribution in [0.5, 0.6) is 17.2 Å². The third-order valence-corrected chi connectivity index (χ3v) is 5.22. The lowest BCUT2D eigenvalue weighted by atomic mass is 10.0. The van der Waals surface area contributed by atoms with Crippen molar-refractivity contribution in [3.05, 3.63) is 59.5 Å². The van der Waals surface area contributed by atoms with Crippen LogP contribution in [0.25, 0.3) is 11.1 Å². The molecule has 1 aliphatic rings. The van der Waals surface area contributed by atoms with Gasteiger partial charge >= 0.3 is 5.97 Å². The summed E-state index contributed by atoms with van der Waals surface area (Å²) in [4.78, 5) is 25.0. The van der Waals surface area contributed by atoms with Crippen LogP contribution in [0.3, 0.4) is 0 Å². The van der Waals surface area contributed by atoms with Crippen LogP contribution in [-0.4, -0.2) is 31.9 Å². The van der Waals surface area contributed by atoms with Crippen molar-refractivity contribution >= 4 is 28.2 Å². The Balaban J connectivity index is 1.48. The normalized spacial score (nSPS) is 11.8. The molecule has 0 spiro atoms. The highest BCUT2D eigenvalue weighted by Crippen LogP contribution is 2.37. The van der Waals surface area contributed by atoms with E-state index in [2.05, 4.69) is 5.32 Å². The van der Waals surface area contributed by atoms with Gasteiger partial charge in [0, 0.05) is 17.0 Å². The molecular formula is C22H19NO6S. The first-order chi connectivity index (χ1) is 14.7. The molecule has 1 amide bonds. The first kappa shape index (κ1) is 19.8. The zero-order chi connectivity index (χ0) is 20.9. The van der Waals surface area contributed by atoms with Crippen molar-refractivity contribution < 1.29 is 28.5 Å². The van der Waals surface area contributed by atoms with E-state index in [1.165, 1.54) is 11.3 Å². The van der Waals surface area contributed by atoms with Gasteiger partial charge in [-0.05, 0) is 24.6 Å². The second-order valence-electron chi connectivity index (χ2n) is 6.29. The van der Waals surface area contributed by atoms with Crippen LogP contribution in [0.1, 0.15) is 17.3 Å². The van der Waals surface area contributed by atoms with Crippen molar-refractivity contribution in [1.29, 1.82) is 0 Å². The van der Waals surface area contributed by atoms with Crippen LogP contribution in [0.2, 0.25) is 0 Å². The third-order valence-electron chi connectivity index (χ3n) is 4.32. The lowest BCUT2D eigenvalue weighted by molar-refractivity contribution is -0.118. The summed E-state index contributed by atoms with van der Waals surface area (Å²) in [5.74, 6) is 0.821. The minimum absolute atomic E-state index is 0.165. The molecular weight excluding hydrogens is 406 g/mol. The molecule has 30 heavy (non-hydrogen) atoms. The largest absolute Gasteiger partial charge is 0.484 e. The number of carbonyl (C=O) groups is 2. The molecule has 8 heteroatoms. The van der Waals surface area contributed by atoms with Gasteiger partial charge in [0.2, 0.25) is 6.79 Å². The van der Waals surface area contributed by atoms with Gasteiger partial charge in [-0.3, -0.25) is 4.79 Å². The summed E-state index contributed by atoms with van der Waals surface area (Å²) >= 11 is 1.27. The first-order valence-electron chi connectivity index (χ1n) is 9.32. The molecule has 1 aromatic heterocycles. The van der Waals surface area contributed by atoms with E-state index in [-0.39, 0.29) is 25.9 Å². The number of benzene rings is 2. The second-order valence-corrected chi connectivity index (χ2v) is 7.17.